The zero-order valence-corrected chi connectivity index (χ0v) is 12.3. The number of likely N-dealkylation sites (tertiary alicyclic amines) is 1. The number of carboxylic acid groups (broad SMARTS) is 1. The smallest absolute Gasteiger partial charge is 0.326 e. The lowest BCUT2D eigenvalue weighted by atomic mass is 10.0. The van der Waals surface area contributed by atoms with Crippen LogP contribution in [0.3, 0.4) is 0 Å². The molecule has 2 unspecified atom stereocenters. The number of amides is 1. The van der Waals surface area contributed by atoms with Crippen molar-refractivity contribution in [2.24, 2.45) is 0 Å². The van der Waals surface area contributed by atoms with Crippen LogP contribution in [0, 0.1) is 0 Å². The number of nitrogens with one attached hydrogen (secondary N) is 2. The second kappa shape index (κ2) is 7.72. The van der Waals surface area contributed by atoms with Gasteiger partial charge in [0.05, 0.1) is 6.04 Å². The van der Waals surface area contributed by atoms with Gasteiger partial charge >= 0.3 is 5.97 Å². The second-order valence-electron chi connectivity index (χ2n) is 5.79. The first-order valence-electron chi connectivity index (χ1n) is 7.74. The van der Waals surface area contributed by atoms with Crippen LogP contribution < -0.4 is 10.6 Å². The van der Waals surface area contributed by atoms with Crippen molar-refractivity contribution in [3.63, 3.8) is 0 Å². The van der Waals surface area contributed by atoms with Crippen molar-refractivity contribution < 1.29 is 19.8 Å². The van der Waals surface area contributed by atoms with Gasteiger partial charge in [0.1, 0.15) is 6.04 Å². The highest BCUT2D eigenvalue weighted by Gasteiger charge is 2.36. The molecule has 7 nitrogen and oxygen atoms in total. The van der Waals surface area contributed by atoms with Gasteiger partial charge < -0.3 is 20.8 Å². The van der Waals surface area contributed by atoms with Crippen LogP contribution in [-0.2, 0) is 9.59 Å². The van der Waals surface area contributed by atoms with Crippen LogP contribution >= 0.6 is 0 Å². The number of aliphatic carboxylic acids is 1. The molecule has 120 valence electrons. The lowest BCUT2D eigenvalue weighted by Gasteiger charge is -2.35. The lowest BCUT2D eigenvalue weighted by molar-refractivity contribution is -0.143. The minimum atomic E-state index is -1.09. The van der Waals surface area contributed by atoms with Gasteiger partial charge in [-0.1, -0.05) is 0 Å². The van der Waals surface area contributed by atoms with E-state index in [1.807, 2.05) is 0 Å². The SMILES string of the molecule is O=C(O)C(CCO)NC(=O)C1CCCN1C1CCNCC1. The number of piperidine rings is 1. The van der Waals surface area contributed by atoms with Crippen molar-refractivity contribution in [3.8, 4) is 0 Å². The summed E-state index contributed by atoms with van der Waals surface area (Å²) in [5, 5.41) is 23.8. The number of carbonyl (C=O) groups excluding carboxylic acids is 1. The molecule has 0 aromatic rings. The van der Waals surface area contributed by atoms with E-state index in [-0.39, 0.29) is 25.0 Å². The number of nitrogens with zero attached hydrogens (tertiary/aromatic N) is 1. The Morgan fingerprint density at radius 1 is 1.29 bits per heavy atom. The summed E-state index contributed by atoms with van der Waals surface area (Å²) in [6, 6.07) is -0.822. The Bertz CT molecular complexity index is 371. The fraction of sp³-hybridized carbons (Fsp3) is 0.857. The third kappa shape index (κ3) is 4.15. The molecule has 2 heterocycles. The molecule has 4 N–H and O–H groups in total. The Hall–Kier alpha value is -1.18. The molecule has 0 spiro atoms. The molecule has 2 saturated heterocycles. The summed E-state index contributed by atoms with van der Waals surface area (Å²) in [4.78, 5) is 25.7. The van der Waals surface area contributed by atoms with E-state index in [0.717, 1.165) is 45.3 Å². The fourth-order valence-corrected chi connectivity index (χ4v) is 3.30. The molecule has 0 bridgehead atoms. The van der Waals surface area contributed by atoms with Gasteiger partial charge in [-0.05, 0) is 45.3 Å². The first-order valence-corrected chi connectivity index (χ1v) is 7.74. The van der Waals surface area contributed by atoms with Crippen LogP contribution in [-0.4, -0.2) is 71.4 Å². The number of rotatable bonds is 6. The fourth-order valence-electron chi connectivity index (χ4n) is 3.30. The van der Waals surface area contributed by atoms with E-state index in [2.05, 4.69) is 15.5 Å². The maximum absolute atomic E-state index is 12.4. The Balaban J connectivity index is 1.94. The second-order valence-corrected chi connectivity index (χ2v) is 5.79. The summed E-state index contributed by atoms with van der Waals surface area (Å²) in [7, 11) is 0. The molecular formula is C14H25N3O4. The van der Waals surface area contributed by atoms with Gasteiger partial charge in [0.25, 0.3) is 0 Å². The molecule has 0 saturated carbocycles. The highest BCUT2D eigenvalue weighted by atomic mass is 16.4. The van der Waals surface area contributed by atoms with Crippen molar-refractivity contribution >= 4 is 11.9 Å². The Kier molecular flexibility index (Phi) is 5.96. The van der Waals surface area contributed by atoms with E-state index in [0.29, 0.717) is 6.04 Å². The van der Waals surface area contributed by atoms with Crippen LogP contribution in [0.15, 0.2) is 0 Å². The van der Waals surface area contributed by atoms with Crippen LogP contribution in [0.5, 0.6) is 0 Å². The van der Waals surface area contributed by atoms with Gasteiger partial charge in [-0.15, -0.1) is 0 Å². The summed E-state index contributed by atoms with van der Waals surface area (Å²) < 4.78 is 0. The molecule has 2 fully saturated rings. The summed E-state index contributed by atoms with van der Waals surface area (Å²) in [6.07, 6.45) is 3.85. The first kappa shape index (κ1) is 16.2. The van der Waals surface area contributed by atoms with E-state index in [4.69, 9.17) is 10.2 Å². The molecule has 2 aliphatic rings. The number of carbonyl (C=O) groups is 2. The quantitative estimate of drug-likeness (QED) is 0.510. The van der Waals surface area contributed by atoms with E-state index in [1.165, 1.54) is 0 Å². The van der Waals surface area contributed by atoms with Gasteiger partial charge in [0, 0.05) is 19.1 Å². The van der Waals surface area contributed by atoms with Crippen LogP contribution in [0.25, 0.3) is 0 Å². The largest absolute Gasteiger partial charge is 0.480 e. The molecule has 0 aliphatic carbocycles. The predicted molar refractivity (Wildman–Crippen MR) is 76.9 cm³/mol. The molecular weight excluding hydrogens is 274 g/mol. The monoisotopic (exact) mass is 299 g/mol. The predicted octanol–water partition coefficient (Wildman–Crippen LogP) is -0.845. The number of aliphatic hydroxyl groups excluding tert-OH is 1. The zero-order valence-electron chi connectivity index (χ0n) is 12.3. The topological polar surface area (TPSA) is 102 Å². The number of hydrogen-bond donors (Lipinski definition) is 4. The standard InChI is InChI=1S/C14H25N3O4/c18-9-5-11(14(20)21)16-13(19)12-2-1-8-17(12)10-3-6-15-7-4-10/h10-12,15,18H,1-9H2,(H,16,19)(H,20,21). The lowest BCUT2D eigenvalue weighted by Crippen LogP contribution is -2.53. The summed E-state index contributed by atoms with van der Waals surface area (Å²) in [5.74, 6) is -1.31. The van der Waals surface area contributed by atoms with Crippen molar-refractivity contribution in [3.05, 3.63) is 0 Å². The van der Waals surface area contributed by atoms with Crippen molar-refractivity contribution in [2.45, 2.75) is 50.2 Å². The van der Waals surface area contributed by atoms with Gasteiger partial charge in [-0.25, -0.2) is 4.79 Å². The van der Waals surface area contributed by atoms with Gasteiger partial charge in [-0.2, -0.15) is 0 Å². The third-order valence-corrected chi connectivity index (χ3v) is 4.41. The molecule has 2 atom stereocenters. The molecule has 21 heavy (non-hydrogen) atoms. The average Bonchev–Trinajstić information content (AvgIpc) is 2.97. The molecule has 1 amide bonds. The molecule has 2 rings (SSSR count). The molecule has 0 aromatic carbocycles. The summed E-state index contributed by atoms with van der Waals surface area (Å²) in [6.45, 7) is 2.59. The van der Waals surface area contributed by atoms with E-state index in [9.17, 15) is 9.59 Å². The van der Waals surface area contributed by atoms with Crippen molar-refractivity contribution in [2.75, 3.05) is 26.2 Å². The molecule has 2 aliphatic heterocycles. The number of carboxylic acids is 1. The zero-order chi connectivity index (χ0) is 15.2. The Morgan fingerprint density at radius 2 is 2.00 bits per heavy atom. The highest BCUT2D eigenvalue weighted by molar-refractivity contribution is 5.87. The Labute approximate surface area is 124 Å². The van der Waals surface area contributed by atoms with Crippen LogP contribution in [0.2, 0.25) is 0 Å². The van der Waals surface area contributed by atoms with Gasteiger partial charge in [0.15, 0.2) is 0 Å². The van der Waals surface area contributed by atoms with Crippen LogP contribution in [0.4, 0.5) is 0 Å². The van der Waals surface area contributed by atoms with Crippen molar-refractivity contribution in [1.29, 1.82) is 0 Å². The summed E-state index contributed by atoms with van der Waals surface area (Å²) >= 11 is 0. The van der Waals surface area contributed by atoms with Gasteiger partial charge in [0.2, 0.25) is 5.91 Å². The molecule has 7 heteroatoms. The number of hydrogen-bond acceptors (Lipinski definition) is 5. The van der Waals surface area contributed by atoms with Gasteiger partial charge in [-0.3, -0.25) is 9.69 Å². The van der Waals surface area contributed by atoms with E-state index < -0.39 is 12.0 Å². The average molecular weight is 299 g/mol. The normalized spacial score (nSPS) is 25.7. The highest BCUT2D eigenvalue weighted by Crippen LogP contribution is 2.24. The maximum Gasteiger partial charge on any atom is 0.326 e. The van der Waals surface area contributed by atoms with E-state index >= 15 is 0 Å². The Morgan fingerprint density at radius 3 is 2.62 bits per heavy atom. The molecule has 0 aromatic heterocycles. The van der Waals surface area contributed by atoms with E-state index in [1.54, 1.807) is 0 Å². The molecule has 0 radical (unpaired) electrons. The van der Waals surface area contributed by atoms with Crippen molar-refractivity contribution in [1.82, 2.24) is 15.5 Å². The third-order valence-electron chi connectivity index (χ3n) is 4.41. The minimum Gasteiger partial charge on any atom is -0.480 e. The maximum atomic E-state index is 12.4. The summed E-state index contributed by atoms with van der Waals surface area (Å²) in [5.41, 5.74) is 0. The van der Waals surface area contributed by atoms with Crippen LogP contribution in [0.1, 0.15) is 32.1 Å². The first-order chi connectivity index (χ1) is 10.1. The number of aliphatic hydroxyl groups is 1. The minimum absolute atomic E-state index is 0.0428.